The zero-order valence-electron chi connectivity index (χ0n) is 8.52. The second kappa shape index (κ2) is 5.17. The highest BCUT2D eigenvalue weighted by Gasteiger charge is 2.07. The number of amides is 1. The van der Waals surface area contributed by atoms with Gasteiger partial charge in [0.25, 0.3) is 5.91 Å². The van der Waals surface area contributed by atoms with Crippen LogP contribution in [0.2, 0.25) is 0 Å². The van der Waals surface area contributed by atoms with E-state index in [9.17, 15) is 9.18 Å². The van der Waals surface area contributed by atoms with E-state index in [1.54, 1.807) is 12.3 Å². The van der Waals surface area contributed by atoms with Crippen LogP contribution in [0.4, 0.5) is 10.2 Å². The molecule has 2 heterocycles. The summed E-state index contributed by atoms with van der Waals surface area (Å²) in [5.74, 6) is -0.571. The second-order valence-corrected chi connectivity index (χ2v) is 4.45. The fourth-order valence-corrected chi connectivity index (χ4v) is 1.49. The molecule has 0 unspecified atom stereocenters. The van der Waals surface area contributed by atoms with Crippen LogP contribution in [0.5, 0.6) is 0 Å². The number of nitrogens with zero attached hydrogens (tertiary/aromatic N) is 2. The molecule has 17 heavy (non-hydrogen) atoms. The molecule has 0 bridgehead atoms. The maximum atomic E-state index is 12.9. The fourth-order valence-electron chi connectivity index (χ4n) is 1.17. The third-order valence-corrected chi connectivity index (χ3v) is 2.57. The third kappa shape index (κ3) is 3.19. The van der Waals surface area contributed by atoms with Crippen molar-refractivity contribution in [2.75, 3.05) is 5.32 Å². The first kappa shape index (κ1) is 11.9. The molecule has 0 radical (unpaired) electrons. The summed E-state index contributed by atoms with van der Waals surface area (Å²) in [7, 11) is 0. The van der Waals surface area contributed by atoms with E-state index in [4.69, 9.17) is 0 Å². The second-order valence-electron chi connectivity index (χ2n) is 3.21. The predicted molar refractivity (Wildman–Crippen MR) is 69.1 cm³/mol. The first-order valence-electron chi connectivity index (χ1n) is 4.68. The molecule has 86 valence electrons. The van der Waals surface area contributed by atoms with Gasteiger partial charge in [-0.2, -0.15) is 0 Å². The van der Waals surface area contributed by atoms with Crippen molar-refractivity contribution in [2.45, 2.75) is 0 Å². The zero-order chi connectivity index (χ0) is 12.3. The fraction of sp³-hybridized carbons (Fsp3) is 0. The Morgan fingerprint density at radius 3 is 2.76 bits per heavy atom. The van der Waals surface area contributed by atoms with Gasteiger partial charge >= 0.3 is 0 Å². The van der Waals surface area contributed by atoms with Gasteiger partial charge in [-0.05, 0) is 40.8 Å². The Kier molecular flexibility index (Phi) is 3.62. The lowest BCUT2D eigenvalue weighted by Crippen LogP contribution is -2.13. The summed E-state index contributed by atoms with van der Waals surface area (Å²) in [5, 5.41) is 2.55. The first-order valence-corrected chi connectivity index (χ1v) is 5.76. The summed E-state index contributed by atoms with van der Waals surface area (Å²) in [6.45, 7) is 0. The van der Waals surface area contributed by atoms with E-state index in [-0.39, 0.29) is 5.56 Å². The van der Waals surface area contributed by atoms with E-state index in [0.29, 0.717) is 5.82 Å². The molecule has 0 atom stereocenters. The average molecular weight is 343 g/mol. The number of nitrogens with one attached hydrogen (secondary N) is 1. The van der Waals surface area contributed by atoms with E-state index in [1.807, 2.05) is 6.07 Å². The SMILES string of the molecule is O=C(Nc1ccc(I)cn1)c1cncc(F)c1. The van der Waals surface area contributed by atoms with Gasteiger partial charge in [-0.1, -0.05) is 0 Å². The van der Waals surface area contributed by atoms with Gasteiger partial charge in [0, 0.05) is 16.0 Å². The summed E-state index contributed by atoms with van der Waals surface area (Å²) in [6, 6.07) is 4.61. The predicted octanol–water partition coefficient (Wildman–Crippen LogP) is 2.47. The number of carbonyl (C=O) groups excluding carboxylic acids is 1. The average Bonchev–Trinajstić information content (AvgIpc) is 2.32. The van der Waals surface area contributed by atoms with Crippen molar-refractivity contribution in [1.29, 1.82) is 0 Å². The topological polar surface area (TPSA) is 54.9 Å². The molecule has 0 spiro atoms. The first-order chi connectivity index (χ1) is 8.15. The van der Waals surface area contributed by atoms with E-state index in [0.717, 1.165) is 15.8 Å². The monoisotopic (exact) mass is 343 g/mol. The Morgan fingerprint density at radius 1 is 1.29 bits per heavy atom. The van der Waals surface area contributed by atoms with E-state index >= 15 is 0 Å². The minimum atomic E-state index is -0.548. The number of rotatable bonds is 2. The van der Waals surface area contributed by atoms with E-state index in [1.165, 1.54) is 6.20 Å². The quantitative estimate of drug-likeness (QED) is 0.853. The third-order valence-electron chi connectivity index (χ3n) is 1.94. The van der Waals surface area contributed by atoms with Crippen molar-refractivity contribution in [3.8, 4) is 0 Å². The molecular weight excluding hydrogens is 336 g/mol. The van der Waals surface area contributed by atoms with Gasteiger partial charge in [0.05, 0.1) is 11.8 Å². The Balaban J connectivity index is 2.14. The number of hydrogen-bond acceptors (Lipinski definition) is 3. The van der Waals surface area contributed by atoms with Gasteiger partial charge in [-0.15, -0.1) is 0 Å². The van der Waals surface area contributed by atoms with Crippen molar-refractivity contribution >= 4 is 34.3 Å². The lowest BCUT2D eigenvalue weighted by Gasteiger charge is -2.03. The van der Waals surface area contributed by atoms with Crippen LogP contribution in [0.25, 0.3) is 0 Å². The van der Waals surface area contributed by atoms with Gasteiger partial charge in [0.1, 0.15) is 11.6 Å². The van der Waals surface area contributed by atoms with Crippen molar-refractivity contribution in [2.24, 2.45) is 0 Å². The minimum absolute atomic E-state index is 0.158. The maximum absolute atomic E-state index is 12.9. The van der Waals surface area contributed by atoms with E-state index in [2.05, 4.69) is 37.9 Å². The van der Waals surface area contributed by atoms with Crippen LogP contribution in [0.1, 0.15) is 10.4 Å². The van der Waals surface area contributed by atoms with Crippen LogP contribution < -0.4 is 5.32 Å². The van der Waals surface area contributed by atoms with Crippen LogP contribution >= 0.6 is 22.6 Å². The standard InChI is InChI=1S/C11H7FIN3O/c12-8-3-7(4-14-5-8)11(17)16-10-2-1-9(13)6-15-10/h1-6H,(H,15,16,17). The molecular formula is C11H7FIN3O. The molecule has 0 fully saturated rings. The number of halogens is 2. The van der Waals surface area contributed by atoms with Crippen molar-refractivity contribution in [3.05, 3.63) is 51.7 Å². The molecule has 6 heteroatoms. The summed E-state index contributed by atoms with van der Waals surface area (Å²) in [4.78, 5) is 19.3. The van der Waals surface area contributed by atoms with Crippen molar-refractivity contribution in [3.63, 3.8) is 0 Å². The lowest BCUT2D eigenvalue weighted by atomic mass is 10.2. The summed E-state index contributed by atoms with van der Waals surface area (Å²) >= 11 is 2.11. The zero-order valence-corrected chi connectivity index (χ0v) is 10.7. The van der Waals surface area contributed by atoms with Gasteiger partial charge in [0.15, 0.2) is 0 Å². The molecule has 2 rings (SSSR count). The Morgan fingerprint density at radius 2 is 2.12 bits per heavy atom. The van der Waals surface area contributed by atoms with Crippen LogP contribution in [0.15, 0.2) is 36.8 Å². The largest absolute Gasteiger partial charge is 0.307 e. The number of carbonyl (C=O) groups is 1. The highest BCUT2D eigenvalue weighted by atomic mass is 127. The maximum Gasteiger partial charge on any atom is 0.258 e. The van der Waals surface area contributed by atoms with E-state index < -0.39 is 11.7 Å². The number of pyridine rings is 2. The molecule has 2 aromatic rings. The summed E-state index contributed by atoms with van der Waals surface area (Å²) in [5.41, 5.74) is 0.158. The Bertz CT molecular complexity index is 545. The molecule has 2 aromatic heterocycles. The molecule has 0 saturated heterocycles. The number of anilines is 1. The Hall–Kier alpha value is -1.57. The summed E-state index contributed by atoms with van der Waals surface area (Å²) in [6.07, 6.45) is 3.96. The van der Waals surface area contributed by atoms with Gasteiger partial charge < -0.3 is 5.32 Å². The molecule has 1 amide bonds. The van der Waals surface area contributed by atoms with Gasteiger partial charge in [-0.3, -0.25) is 9.78 Å². The lowest BCUT2D eigenvalue weighted by molar-refractivity contribution is 0.102. The molecule has 0 saturated carbocycles. The normalized spacial score (nSPS) is 10.0. The smallest absolute Gasteiger partial charge is 0.258 e. The van der Waals surface area contributed by atoms with Crippen molar-refractivity contribution < 1.29 is 9.18 Å². The number of aromatic nitrogens is 2. The molecule has 0 aliphatic heterocycles. The number of hydrogen-bond donors (Lipinski definition) is 1. The molecule has 0 aliphatic rings. The van der Waals surface area contributed by atoms with Gasteiger partial charge in [-0.25, -0.2) is 9.37 Å². The molecule has 1 N–H and O–H groups in total. The molecule has 0 aromatic carbocycles. The minimum Gasteiger partial charge on any atom is -0.307 e. The highest BCUT2D eigenvalue weighted by Crippen LogP contribution is 2.09. The van der Waals surface area contributed by atoms with Gasteiger partial charge in [0.2, 0.25) is 0 Å². The van der Waals surface area contributed by atoms with Crippen LogP contribution in [0, 0.1) is 9.39 Å². The Labute approximate surface area is 110 Å². The van der Waals surface area contributed by atoms with Crippen LogP contribution in [0.3, 0.4) is 0 Å². The van der Waals surface area contributed by atoms with Crippen LogP contribution in [-0.4, -0.2) is 15.9 Å². The summed E-state index contributed by atoms with van der Waals surface area (Å²) < 4.78 is 13.8. The highest BCUT2D eigenvalue weighted by molar-refractivity contribution is 14.1. The molecule has 4 nitrogen and oxygen atoms in total. The van der Waals surface area contributed by atoms with Crippen molar-refractivity contribution in [1.82, 2.24) is 9.97 Å². The molecule has 0 aliphatic carbocycles. The van der Waals surface area contributed by atoms with Crippen LogP contribution in [-0.2, 0) is 0 Å².